The minimum Gasteiger partial charge on any atom is -0.423 e. The molecule has 1 atom stereocenters. The third-order valence-electron chi connectivity index (χ3n) is 2.77. The molecule has 19 heavy (non-hydrogen) atoms. The van der Waals surface area contributed by atoms with Crippen LogP contribution >= 0.6 is 0 Å². The zero-order valence-electron chi connectivity index (χ0n) is 10.8. The normalized spacial score (nSPS) is 13.2. The van der Waals surface area contributed by atoms with Gasteiger partial charge in [0.2, 0.25) is 0 Å². The Morgan fingerprint density at radius 2 is 1.89 bits per heavy atom. The van der Waals surface area contributed by atoms with Gasteiger partial charge in [0.05, 0.1) is 0 Å². The van der Waals surface area contributed by atoms with Gasteiger partial charge in [-0.05, 0) is 30.7 Å². The molecule has 0 spiro atoms. The standard InChI is InChI=1S/C15H16O4/c1-4-13(16)19-12-9-7-11(8-10-12)14(17)15(18,5-2)6-3/h4-5,7-10,18H,1-2,6H2,3H3. The summed E-state index contributed by atoms with van der Waals surface area (Å²) in [5, 5.41) is 10.0. The first-order valence-electron chi connectivity index (χ1n) is 5.82. The van der Waals surface area contributed by atoms with Crippen molar-refractivity contribution < 1.29 is 19.4 Å². The highest BCUT2D eigenvalue weighted by atomic mass is 16.5. The number of hydrogen-bond acceptors (Lipinski definition) is 4. The monoisotopic (exact) mass is 260 g/mol. The summed E-state index contributed by atoms with van der Waals surface area (Å²) in [6.45, 7) is 8.45. The highest BCUT2D eigenvalue weighted by molar-refractivity contribution is 6.03. The van der Waals surface area contributed by atoms with E-state index >= 15 is 0 Å². The van der Waals surface area contributed by atoms with Gasteiger partial charge in [-0.3, -0.25) is 4.79 Å². The summed E-state index contributed by atoms with van der Waals surface area (Å²) in [7, 11) is 0. The topological polar surface area (TPSA) is 63.6 Å². The largest absolute Gasteiger partial charge is 0.423 e. The lowest BCUT2D eigenvalue weighted by molar-refractivity contribution is -0.128. The number of rotatable bonds is 6. The molecule has 1 aromatic rings. The average Bonchev–Trinajstić information content (AvgIpc) is 2.46. The van der Waals surface area contributed by atoms with E-state index in [0.29, 0.717) is 11.3 Å². The minimum atomic E-state index is -1.57. The van der Waals surface area contributed by atoms with Gasteiger partial charge in [0.25, 0.3) is 0 Å². The molecule has 0 bridgehead atoms. The summed E-state index contributed by atoms with van der Waals surface area (Å²) in [5.74, 6) is -0.707. The van der Waals surface area contributed by atoms with Crippen LogP contribution in [-0.2, 0) is 4.79 Å². The molecule has 0 saturated carbocycles. The zero-order chi connectivity index (χ0) is 14.5. The number of hydrogen-bond donors (Lipinski definition) is 1. The lowest BCUT2D eigenvalue weighted by atomic mass is 9.90. The Balaban J connectivity index is 2.93. The van der Waals surface area contributed by atoms with Crippen LogP contribution in [0.1, 0.15) is 23.7 Å². The molecule has 1 rings (SSSR count). The molecule has 0 aliphatic carbocycles. The SMILES string of the molecule is C=CC(=O)Oc1ccc(C(=O)C(O)(C=C)CC)cc1. The van der Waals surface area contributed by atoms with Gasteiger partial charge in [-0.15, -0.1) is 0 Å². The Kier molecular flexibility index (Phi) is 4.78. The van der Waals surface area contributed by atoms with Crippen LogP contribution in [0.3, 0.4) is 0 Å². The van der Waals surface area contributed by atoms with Gasteiger partial charge in [0.15, 0.2) is 5.78 Å². The number of carbonyl (C=O) groups is 2. The molecule has 0 amide bonds. The highest BCUT2D eigenvalue weighted by Crippen LogP contribution is 2.21. The van der Waals surface area contributed by atoms with Crippen molar-refractivity contribution in [3.05, 3.63) is 55.1 Å². The van der Waals surface area contributed by atoms with Crippen molar-refractivity contribution in [1.29, 1.82) is 0 Å². The van der Waals surface area contributed by atoms with E-state index in [1.807, 2.05) is 0 Å². The zero-order valence-corrected chi connectivity index (χ0v) is 10.8. The summed E-state index contributed by atoms with van der Waals surface area (Å²) in [6.07, 6.45) is 2.51. The smallest absolute Gasteiger partial charge is 0.335 e. The molecular weight excluding hydrogens is 244 g/mol. The number of esters is 1. The van der Waals surface area contributed by atoms with Crippen LogP contribution < -0.4 is 4.74 Å². The molecule has 1 unspecified atom stereocenters. The van der Waals surface area contributed by atoms with Crippen molar-refractivity contribution >= 4 is 11.8 Å². The molecule has 4 nitrogen and oxygen atoms in total. The number of aliphatic hydroxyl groups is 1. The summed E-state index contributed by atoms with van der Waals surface area (Å²) in [6, 6.07) is 5.93. The first-order valence-corrected chi connectivity index (χ1v) is 5.82. The molecule has 1 aromatic carbocycles. The van der Waals surface area contributed by atoms with Crippen molar-refractivity contribution in [2.45, 2.75) is 18.9 Å². The van der Waals surface area contributed by atoms with Crippen molar-refractivity contribution in [3.63, 3.8) is 0 Å². The summed E-state index contributed by atoms with van der Waals surface area (Å²) >= 11 is 0. The number of ketones is 1. The van der Waals surface area contributed by atoms with E-state index in [-0.39, 0.29) is 6.42 Å². The molecule has 0 aliphatic heterocycles. The van der Waals surface area contributed by atoms with Gasteiger partial charge in [-0.2, -0.15) is 0 Å². The molecule has 4 heteroatoms. The van der Waals surface area contributed by atoms with Crippen molar-refractivity contribution in [2.24, 2.45) is 0 Å². The molecule has 1 N–H and O–H groups in total. The maximum Gasteiger partial charge on any atom is 0.335 e. The second-order valence-corrected chi connectivity index (χ2v) is 3.96. The Labute approximate surface area is 112 Å². The van der Waals surface area contributed by atoms with E-state index in [0.717, 1.165) is 6.08 Å². The molecule has 0 aromatic heterocycles. The van der Waals surface area contributed by atoms with E-state index in [2.05, 4.69) is 13.2 Å². The van der Waals surface area contributed by atoms with E-state index in [9.17, 15) is 14.7 Å². The Bertz CT molecular complexity index is 501. The molecule has 0 aliphatic rings. The fraction of sp³-hybridized carbons (Fsp3) is 0.200. The number of Topliss-reactive ketones (excluding diaryl/α,β-unsaturated/α-hetero) is 1. The van der Waals surface area contributed by atoms with Crippen LogP contribution in [0.5, 0.6) is 5.75 Å². The van der Waals surface area contributed by atoms with Crippen molar-refractivity contribution in [2.75, 3.05) is 0 Å². The van der Waals surface area contributed by atoms with E-state index in [1.165, 1.54) is 30.3 Å². The van der Waals surface area contributed by atoms with Crippen LogP contribution in [-0.4, -0.2) is 22.5 Å². The fourth-order valence-electron chi connectivity index (χ4n) is 1.48. The summed E-state index contributed by atoms with van der Waals surface area (Å²) in [4.78, 5) is 23.1. The van der Waals surface area contributed by atoms with Gasteiger partial charge in [0, 0.05) is 11.6 Å². The number of ether oxygens (including phenoxy) is 1. The fourth-order valence-corrected chi connectivity index (χ4v) is 1.48. The third-order valence-corrected chi connectivity index (χ3v) is 2.77. The molecular formula is C15H16O4. The number of benzene rings is 1. The van der Waals surface area contributed by atoms with Gasteiger partial charge in [-0.1, -0.05) is 26.2 Å². The van der Waals surface area contributed by atoms with Crippen molar-refractivity contribution in [1.82, 2.24) is 0 Å². The van der Waals surface area contributed by atoms with E-state index in [4.69, 9.17) is 4.74 Å². The Morgan fingerprint density at radius 1 is 1.32 bits per heavy atom. The van der Waals surface area contributed by atoms with Crippen LogP contribution in [0, 0.1) is 0 Å². The second-order valence-electron chi connectivity index (χ2n) is 3.96. The Hall–Kier alpha value is -2.20. The molecule has 100 valence electrons. The maximum absolute atomic E-state index is 12.1. The quantitative estimate of drug-likeness (QED) is 0.280. The van der Waals surface area contributed by atoms with Crippen LogP contribution in [0.15, 0.2) is 49.6 Å². The molecule has 0 heterocycles. The van der Waals surface area contributed by atoms with E-state index < -0.39 is 17.4 Å². The van der Waals surface area contributed by atoms with Gasteiger partial charge < -0.3 is 9.84 Å². The summed E-state index contributed by atoms with van der Waals surface area (Å²) < 4.78 is 4.89. The van der Waals surface area contributed by atoms with Gasteiger partial charge >= 0.3 is 5.97 Å². The van der Waals surface area contributed by atoms with Gasteiger partial charge in [0.1, 0.15) is 11.4 Å². The Morgan fingerprint density at radius 3 is 2.32 bits per heavy atom. The van der Waals surface area contributed by atoms with Crippen LogP contribution in [0.25, 0.3) is 0 Å². The third kappa shape index (κ3) is 3.39. The second kappa shape index (κ2) is 6.11. The van der Waals surface area contributed by atoms with Crippen LogP contribution in [0.4, 0.5) is 0 Å². The summed E-state index contributed by atoms with van der Waals surface area (Å²) in [5.41, 5.74) is -1.25. The first-order chi connectivity index (χ1) is 8.96. The predicted molar refractivity (Wildman–Crippen MR) is 72.0 cm³/mol. The highest BCUT2D eigenvalue weighted by Gasteiger charge is 2.31. The van der Waals surface area contributed by atoms with Crippen molar-refractivity contribution in [3.8, 4) is 5.75 Å². The number of carbonyl (C=O) groups excluding carboxylic acids is 2. The van der Waals surface area contributed by atoms with Gasteiger partial charge in [-0.25, -0.2) is 4.79 Å². The first kappa shape index (κ1) is 14.9. The average molecular weight is 260 g/mol. The van der Waals surface area contributed by atoms with E-state index in [1.54, 1.807) is 6.92 Å². The van der Waals surface area contributed by atoms with Crippen LogP contribution in [0.2, 0.25) is 0 Å². The molecule has 0 fully saturated rings. The predicted octanol–water partition coefficient (Wildman–Crippen LogP) is 2.29. The molecule has 0 radical (unpaired) electrons. The lowest BCUT2D eigenvalue weighted by Crippen LogP contribution is -2.35. The molecule has 0 saturated heterocycles. The minimum absolute atomic E-state index is 0.239. The maximum atomic E-state index is 12.1. The lowest BCUT2D eigenvalue weighted by Gasteiger charge is -2.20.